The van der Waals surface area contributed by atoms with Gasteiger partial charge in [-0.05, 0) is 158 Å². The van der Waals surface area contributed by atoms with Crippen molar-refractivity contribution < 1.29 is 9.47 Å². The molecule has 0 spiro atoms. The van der Waals surface area contributed by atoms with Gasteiger partial charge in [0.25, 0.3) is 20.1 Å². The Labute approximate surface area is 508 Å². The SMILES string of the molecule is c1ccc(N(c2ccccc2)c2cc3c4c(c2)N(c2ccccc2)c2ccc5c(c2B4c2c(ccc4c2Oc2cccc6c2B4c2cccc4c7ccccc7n-6c24)N3c2ccccc2)Oc2cccc3c2B5c2cccc4c5ccccc5n-3c24)cc1. The smallest absolute Gasteiger partial charge is 0.261 e. The summed E-state index contributed by atoms with van der Waals surface area (Å²) in [5.41, 5.74) is 27.3. The fraction of sp³-hybridized carbons (Fsp3) is 0. The first-order valence-electron chi connectivity index (χ1n) is 30.5. The summed E-state index contributed by atoms with van der Waals surface area (Å²) in [6, 6.07) is 103. The molecular weight excluding hydrogens is 1070 g/mol. The Balaban J connectivity index is 0.904. The molecule has 0 bridgehead atoms. The van der Waals surface area contributed by atoms with E-state index < -0.39 is 6.71 Å². The maximum absolute atomic E-state index is 7.89. The Morgan fingerprint density at radius 3 is 1.15 bits per heavy atom. The average Bonchev–Trinajstić information content (AvgIpc) is 1.04. The fourth-order valence-corrected chi connectivity index (χ4v) is 16.7. The molecular formula is C78H46B3N5O2. The van der Waals surface area contributed by atoms with Crippen LogP contribution in [0.5, 0.6) is 23.0 Å². The lowest BCUT2D eigenvalue weighted by molar-refractivity contribution is 0.490. The Morgan fingerprint density at radius 2 is 0.682 bits per heavy atom. The van der Waals surface area contributed by atoms with Gasteiger partial charge in [-0.15, -0.1) is 0 Å². The molecule has 0 radical (unpaired) electrons. The molecule has 0 saturated heterocycles. The molecule has 0 amide bonds. The summed E-state index contributed by atoms with van der Waals surface area (Å²) >= 11 is 0. The molecule has 8 heterocycles. The normalized spacial score (nSPS) is 13.8. The van der Waals surface area contributed by atoms with Gasteiger partial charge in [-0.2, -0.15) is 0 Å². The first kappa shape index (κ1) is 47.0. The van der Waals surface area contributed by atoms with Crippen LogP contribution in [0.4, 0.5) is 51.2 Å². The third kappa shape index (κ3) is 5.96. The number of ether oxygens (including phenoxy) is 2. The van der Waals surface area contributed by atoms with Crippen LogP contribution in [-0.4, -0.2) is 29.3 Å². The van der Waals surface area contributed by atoms with Gasteiger partial charge >= 0.3 is 0 Å². The van der Waals surface area contributed by atoms with Gasteiger partial charge in [0, 0.05) is 89.5 Å². The highest BCUT2D eigenvalue weighted by Gasteiger charge is 2.52. The van der Waals surface area contributed by atoms with E-state index in [0.29, 0.717) is 0 Å². The molecule has 10 heteroatoms. The molecule has 13 aromatic carbocycles. The van der Waals surface area contributed by atoms with Gasteiger partial charge in [-0.3, -0.25) is 0 Å². The van der Waals surface area contributed by atoms with Gasteiger partial charge < -0.3 is 33.3 Å². The zero-order valence-corrected chi connectivity index (χ0v) is 47.3. The summed E-state index contributed by atoms with van der Waals surface area (Å²) in [7, 11) is 0. The van der Waals surface area contributed by atoms with E-state index in [9.17, 15) is 0 Å². The number of nitrogens with zero attached hydrogens (tertiary/aromatic N) is 5. The van der Waals surface area contributed by atoms with Gasteiger partial charge in [-0.25, -0.2) is 0 Å². The predicted molar refractivity (Wildman–Crippen MR) is 366 cm³/mol. The zero-order chi connectivity index (χ0) is 57.0. The van der Waals surface area contributed by atoms with Crippen LogP contribution >= 0.6 is 0 Å². The quantitative estimate of drug-likeness (QED) is 0.161. The van der Waals surface area contributed by atoms with Gasteiger partial charge in [0.05, 0.1) is 16.7 Å². The summed E-state index contributed by atoms with van der Waals surface area (Å²) in [4.78, 5) is 7.44. The summed E-state index contributed by atoms with van der Waals surface area (Å²) in [6.45, 7) is -0.643. The lowest BCUT2D eigenvalue weighted by atomic mass is 9.29. The van der Waals surface area contributed by atoms with Crippen LogP contribution < -0.4 is 73.3 Å². The molecule has 0 N–H and O–H groups in total. The molecule has 15 aromatic rings. The number of rotatable bonds is 5. The third-order valence-corrected chi connectivity index (χ3v) is 19.9. The lowest BCUT2D eigenvalue weighted by Gasteiger charge is -2.47. The average molecular weight is 1120 g/mol. The van der Waals surface area contributed by atoms with Crippen molar-refractivity contribution in [2.45, 2.75) is 0 Å². The summed E-state index contributed by atoms with van der Waals surface area (Å²) in [5.74, 6) is 3.52. The standard InChI is InChI=1S/C78H46B3N5O2/c1-5-21-47(22-6-1)82(48-23-7-2-8-24-48)51-45-66-70-67(46-51)84(50-27-11-4-12-28-50)65-44-42-59-78(88-69-40-20-38-63-72(69)80(59)57-34-18-32-55-53-30-14-16-36-61(53)86(63)76(55)57)74(65)81(70)73-64(83(66)49-25-9-3-10-26-49)43-41-58-77(73)87-68-39-19-37-62-71(68)79(58)56-33-17-31-54-52-29-13-15-35-60(52)85(62)75(54)56/h1-46H. The van der Waals surface area contributed by atoms with Crippen molar-refractivity contribution in [2.75, 3.05) is 14.7 Å². The van der Waals surface area contributed by atoms with Crippen molar-refractivity contribution in [3.63, 3.8) is 0 Å². The van der Waals surface area contributed by atoms with Gasteiger partial charge in [0.15, 0.2) is 0 Å². The van der Waals surface area contributed by atoms with Crippen LogP contribution in [0.25, 0.3) is 55.0 Å². The van der Waals surface area contributed by atoms with Crippen LogP contribution in [0.3, 0.4) is 0 Å². The van der Waals surface area contributed by atoms with E-state index in [1.807, 2.05) is 0 Å². The molecule has 7 nitrogen and oxygen atoms in total. The van der Waals surface area contributed by atoms with Crippen LogP contribution in [0.2, 0.25) is 0 Å². The Kier molecular flexibility index (Phi) is 9.17. The lowest BCUT2D eigenvalue weighted by Crippen LogP contribution is -2.66. The molecule has 21 rings (SSSR count). The molecule has 0 fully saturated rings. The number of benzene rings is 13. The topological polar surface area (TPSA) is 38.0 Å². The van der Waals surface area contributed by atoms with Crippen LogP contribution in [0.15, 0.2) is 279 Å². The second kappa shape index (κ2) is 17.2. The maximum atomic E-state index is 7.89. The maximum Gasteiger partial charge on any atom is 0.261 e. The van der Waals surface area contributed by atoms with E-state index in [1.165, 1.54) is 70.9 Å². The first-order chi connectivity index (χ1) is 43.7. The minimum atomic E-state index is -0.401. The minimum Gasteiger partial charge on any atom is -0.459 e. The Hall–Kier alpha value is -11.3. The third-order valence-electron chi connectivity index (χ3n) is 19.9. The van der Waals surface area contributed by atoms with Crippen molar-refractivity contribution >= 4 is 164 Å². The molecule has 404 valence electrons. The van der Waals surface area contributed by atoms with E-state index in [4.69, 9.17) is 9.47 Å². The molecule has 6 aliphatic rings. The molecule has 2 aromatic heterocycles. The molecule has 0 atom stereocenters. The van der Waals surface area contributed by atoms with Crippen LogP contribution in [-0.2, 0) is 0 Å². The number of hydrogen-bond acceptors (Lipinski definition) is 5. The van der Waals surface area contributed by atoms with E-state index in [0.717, 1.165) is 107 Å². The first-order valence-corrected chi connectivity index (χ1v) is 30.5. The van der Waals surface area contributed by atoms with E-state index in [-0.39, 0.29) is 13.4 Å². The highest BCUT2D eigenvalue weighted by Crippen LogP contribution is 2.51. The zero-order valence-electron chi connectivity index (χ0n) is 47.3. The molecule has 0 saturated carbocycles. The summed E-state index contributed by atoms with van der Waals surface area (Å²) < 4.78 is 20.8. The van der Waals surface area contributed by atoms with E-state index in [1.54, 1.807) is 0 Å². The minimum absolute atomic E-state index is 0.121. The number of hydrogen-bond donors (Lipinski definition) is 0. The van der Waals surface area contributed by atoms with Crippen molar-refractivity contribution in [1.82, 2.24) is 9.13 Å². The predicted octanol–water partition coefficient (Wildman–Crippen LogP) is 13.3. The monoisotopic (exact) mass is 1120 g/mol. The summed E-state index contributed by atoms with van der Waals surface area (Å²) in [6.07, 6.45) is 0. The molecule has 0 aliphatic carbocycles. The highest BCUT2D eigenvalue weighted by atomic mass is 16.5. The van der Waals surface area contributed by atoms with Crippen molar-refractivity contribution in [2.24, 2.45) is 0 Å². The molecule has 6 aliphatic heterocycles. The van der Waals surface area contributed by atoms with E-state index >= 15 is 0 Å². The molecule has 88 heavy (non-hydrogen) atoms. The second-order valence-electron chi connectivity index (χ2n) is 24.2. The largest absolute Gasteiger partial charge is 0.459 e. The Bertz CT molecular complexity index is 5240. The van der Waals surface area contributed by atoms with Crippen molar-refractivity contribution in [3.05, 3.63) is 279 Å². The van der Waals surface area contributed by atoms with Crippen LogP contribution in [0, 0.1) is 0 Å². The van der Waals surface area contributed by atoms with Gasteiger partial charge in [0.2, 0.25) is 0 Å². The van der Waals surface area contributed by atoms with Gasteiger partial charge in [0.1, 0.15) is 23.0 Å². The summed E-state index contributed by atoms with van der Waals surface area (Å²) in [5, 5.41) is 5.01. The number of aromatic nitrogens is 2. The molecule has 0 unspecified atom stereocenters. The number of para-hydroxylation sites is 8. The van der Waals surface area contributed by atoms with Crippen LogP contribution in [0.1, 0.15) is 0 Å². The fourth-order valence-electron chi connectivity index (χ4n) is 16.7. The second-order valence-corrected chi connectivity index (χ2v) is 24.2. The highest BCUT2D eigenvalue weighted by molar-refractivity contribution is 7.05. The van der Waals surface area contributed by atoms with Crippen molar-refractivity contribution in [3.8, 4) is 34.4 Å². The number of fused-ring (bicyclic) bond motifs is 20. The van der Waals surface area contributed by atoms with Crippen molar-refractivity contribution in [1.29, 1.82) is 0 Å². The van der Waals surface area contributed by atoms with Gasteiger partial charge in [-0.1, -0.05) is 170 Å². The Morgan fingerprint density at radius 1 is 0.273 bits per heavy atom. The number of anilines is 9. The van der Waals surface area contributed by atoms with E-state index in [2.05, 4.69) is 303 Å².